The number of halogens is 2. The first-order valence-corrected chi connectivity index (χ1v) is 14.4. The van der Waals surface area contributed by atoms with Crippen molar-refractivity contribution < 1.29 is 34.0 Å². The van der Waals surface area contributed by atoms with Gasteiger partial charge in [0.1, 0.15) is 41.7 Å². The molecule has 208 valence electrons. The highest BCUT2D eigenvalue weighted by Crippen LogP contribution is 2.31. The van der Waals surface area contributed by atoms with E-state index in [0.29, 0.717) is 19.7 Å². The van der Waals surface area contributed by atoms with Crippen LogP contribution in [-0.4, -0.2) is 100 Å². The van der Waals surface area contributed by atoms with E-state index in [1.165, 1.54) is 23.9 Å². The standard InChI is InChI=1S/C25H37ClFN3O6S/c1-12(26)17(23-20(32)19(31)21(33)25(36-23)37-2)30-24(34)18-22-14(11-29-18)9-16(7-8-35-22)28-10-13-3-5-15(27)6-4-13/h3-6,12,14,16-23,25,28-29,31-33H,7-11H2,1-2H3,(H,30,34)/t12-,14-,16?,17+,18-,19?,20?,21+,22+,23+,25?/m0/s1. The van der Waals surface area contributed by atoms with Crippen LogP contribution in [0.15, 0.2) is 24.3 Å². The van der Waals surface area contributed by atoms with E-state index in [9.17, 15) is 24.5 Å². The summed E-state index contributed by atoms with van der Waals surface area (Å²) in [6.45, 7) is 3.41. The quantitative estimate of drug-likeness (QED) is 0.249. The second kappa shape index (κ2) is 12.9. The largest absolute Gasteiger partial charge is 0.388 e. The third-order valence-corrected chi connectivity index (χ3v) is 8.67. The van der Waals surface area contributed by atoms with Gasteiger partial charge in [0.15, 0.2) is 0 Å². The van der Waals surface area contributed by atoms with E-state index >= 15 is 0 Å². The molecule has 0 spiro atoms. The van der Waals surface area contributed by atoms with Gasteiger partial charge in [-0.2, -0.15) is 0 Å². The number of carbonyl (C=O) groups excluding carboxylic acids is 1. The number of ether oxygens (including phenoxy) is 2. The normalized spacial score (nSPS) is 37.9. The molecule has 4 unspecified atom stereocenters. The molecule has 0 aliphatic carbocycles. The number of carbonyl (C=O) groups is 1. The van der Waals surface area contributed by atoms with Crippen molar-refractivity contribution in [1.29, 1.82) is 0 Å². The molecule has 1 aromatic rings. The molecule has 3 heterocycles. The molecular formula is C25H37ClFN3O6S. The molecule has 6 N–H and O–H groups in total. The van der Waals surface area contributed by atoms with Crippen LogP contribution in [0.1, 0.15) is 25.3 Å². The van der Waals surface area contributed by atoms with Crippen LogP contribution in [0.25, 0.3) is 0 Å². The van der Waals surface area contributed by atoms with Crippen LogP contribution >= 0.6 is 23.4 Å². The first-order valence-electron chi connectivity index (χ1n) is 12.7. The van der Waals surface area contributed by atoms with E-state index in [2.05, 4.69) is 16.0 Å². The Kier molecular flexibility index (Phi) is 10.1. The summed E-state index contributed by atoms with van der Waals surface area (Å²) >= 11 is 7.61. The molecule has 37 heavy (non-hydrogen) atoms. The zero-order valence-electron chi connectivity index (χ0n) is 20.9. The summed E-state index contributed by atoms with van der Waals surface area (Å²) in [5, 5.41) is 40.2. The van der Waals surface area contributed by atoms with Crippen molar-refractivity contribution in [2.45, 2.75) is 85.8 Å². The van der Waals surface area contributed by atoms with Crippen molar-refractivity contribution in [2.75, 3.05) is 19.4 Å². The predicted octanol–water partition coefficient (Wildman–Crippen LogP) is 0.334. The number of aliphatic hydroxyl groups excluding tert-OH is 3. The lowest BCUT2D eigenvalue weighted by molar-refractivity contribution is -0.205. The SMILES string of the molecule is CSC1O[C@H]([C@H](NC(=O)[C@H]2NC[C@@H]3CC(NCc4ccc(F)cc4)CCO[C@H]32)[C@H](C)Cl)C(O)C(O)[C@H]1O. The average molecular weight is 562 g/mol. The first-order chi connectivity index (χ1) is 17.7. The molecule has 12 heteroatoms. The summed E-state index contributed by atoms with van der Waals surface area (Å²) in [4.78, 5) is 13.4. The van der Waals surface area contributed by atoms with Gasteiger partial charge in [0.2, 0.25) is 5.91 Å². The predicted molar refractivity (Wildman–Crippen MR) is 139 cm³/mol. The van der Waals surface area contributed by atoms with Crippen LogP contribution in [0.2, 0.25) is 0 Å². The minimum atomic E-state index is -1.43. The molecule has 0 radical (unpaired) electrons. The van der Waals surface area contributed by atoms with Crippen LogP contribution in [0, 0.1) is 11.7 Å². The summed E-state index contributed by atoms with van der Waals surface area (Å²) < 4.78 is 25.2. The van der Waals surface area contributed by atoms with Crippen LogP contribution in [0.4, 0.5) is 4.39 Å². The van der Waals surface area contributed by atoms with Crippen molar-refractivity contribution in [1.82, 2.24) is 16.0 Å². The second-order valence-corrected chi connectivity index (χ2v) is 11.7. The third kappa shape index (κ3) is 6.77. The molecule has 0 aromatic heterocycles. The average Bonchev–Trinajstić information content (AvgIpc) is 3.16. The van der Waals surface area contributed by atoms with Gasteiger partial charge in [0.25, 0.3) is 0 Å². The van der Waals surface area contributed by atoms with Gasteiger partial charge in [0.05, 0.1) is 17.5 Å². The van der Waals surface area contributed by atoms with Gasteiger partial charge in [0, 0.05) is 31.7 Å². The lowest BCUT2D eigenvalue weighted by Crippen LogP contribution is -2.65. The van der Waals surface area contributed by atoms with Gasteiger partial charge in [-0.25, -0.2) is 4.39 Å². The molecule has 3 aliphatic heterocycles. The van der Waals surface area contributed by atoms with Crippen molar-refractivity contribution in [3.63, 3.8) is 0 Å². The summed E-state index contributed by atoms with van der Waals surface area (Å²) in [6, 6.07) is 5.20. The fourth-order valence-corrected chi connectivity index (χ4v) is 6.32. The number of aliphatic hydroxyl groups is 3. The van der Waals surface area contributed by atoms with Crippen LogP contribution < -0.4 is 16.0 Å². The number of hydrogen-bond donors (Lipinski definition) is 6. The highest BCUT2D eigenvalue weighted by molar-refractivity contribution is 7.99. The van der Waals surface area contributed by atoms with Crippen molar-refractivity contribution in [3.8, 4) is 0 Å². The minimum Gasteiger partial charge on any atom is -0.388 e. The molecule has 4 rings (SSSR count). The second-order valence-electron chi connectivity index (χ2n) is 10.1. The summed E-state index contributed by atoms with van der Waals surface area (Å²) in [6.07, 6.45) is -2.09. The van der Waals surface area contributed by atoms with E-state index in [-0.39, 0.29) is 29.8 Å². The lowest BCUT2D eigenvalue weighted by atomic mass is 9.92. The zero-order chi connectivity index (χ0) is 26.7. The molecule has 1 amide bonds. The van der Waals surface area contributed by atoms with Gasteiger partial charge in [-0.15, -0.1) is 23.4 Å². The smallest absolute Gasteiger partial charge is 0.240 e. The number of alkyl halides is 1. The van der Waals surface area contributed by atoms with Gasteiger partial charge >= 0.3 is 0 Å². The molecule has 0 saturated carbocycles. The van der Waals surface area contributed by atoms with E-state index in [4.69, 9.17) is 21.1 Å². The molecule has 11 atom stereocenters. The van der Waals surface area contributed by atoms with Crippen LogP contribution in [0.3, 0.4) is 0 Å². The van der Waals surface area contributed by atoms with Crippen LogP contribution in [-0.2, 0) is 20.8 Å². The highest BCUT2D eigenvalue weighted by atomic mass is 35.5. The summed E-state index contributed by atoms with van der Waals surface area (Å²) in [5.41, 5.74) is 0.233. The number of nitrogens with one attached hydrogen (secondary N) is 3. The number of amides is 1. The van der Waals surface area contributed by atoms with Gasteiger partial charge in [-0.3, -0.25) is 4.79 Å². The lowest BCUT2D eigenvalue weighted by Gasteiger charge is -2.44. The number of thioether (sulfide) groups is 1. The van der Waals surface area contributed by atoms with Crippen molar-refractivity contribution in [2.24, 2.45) is 5.92 Å². The Bertz CT molecular complexity index is 900. The molecule has 3 fully saturated rings. The Labute approximate surface area is 225 Å². The fourth-order valence-electron chi connectivity index (χ4n) is 5.43. The maximum Gasteiger partial charge on any atom is 0.240 e. The number of fused-ring (bicyclic) bond motifs is 1. The van der Waals surface area contributed by atoms with Crippen molar-refractivity contribution >= 4 is 29.3 Å². The first kappa shape index (κ1) is 29.0. The topological polar surface area (TPSA) is 132 Å². The highest BCUT2D eigenvalue weighted by Gasteiger charge is 2.49. The van der Waals surface area contributed by atoms with E-state index in [1.807, 2.05) is 0 Å². The fraction of sp³-hybridized carbons (Fsp3) is 0.720. The Morgan fingerprint density at radius 2 is 1.97 bits per heavy atom. The molecule has 3 saturated heterocycles. The van der Waals surface area contributed by atoms with Crippen molar-refractivity contribution in [3.05, 3.63) is 35.6 Å². The Hall–Kier alpha value is -1.02. The van der Waals surface area contributed by atoms with Crippen LogP contribution in [0.5, 0.6) is 0 Å². The Morgan fingerprint density at radius 3 is 2.65 bits per heavy atom. The maximum absolute atomic E-state index is 13.4. The summed E-state index contributed by atoms with van der Waals surface area (Å²) in [5.74, 6) is -0.464. The van der Waals surface area contributed by atoms with E-state index in [1.54, 1.807) is 25.3 Å². The van der Waals surface area contributed by atoms with E-state index in [0.717, 1.165) is 18.4 Å². The molecule has 9 nitrogen and oxygen atoms in total. The van der Waals surface area contributed by atoms with Gasteiger partial charge in [-0.1, -0.05) is 12.1 Å². The number of benzene rings is 1. The van der Waals surface area contributed by atoms with Gasteiger partial charge in [-0.05, 0) is 43.7 Å². The zero-order valence-corrected chi connectivity index (χ0v) is 22.5. The Morgan fingerprint density at radius 1 is 1.24 bits per heavy atom. The monoisotopic (exact) mass is 561 g/mol. The number of hydrogen-bond acceptors (Lipinski definition) is 9. The third-order valence-electron chi connectivity index (χ3n) is 7.54. The minimum absolute atomic E-state index is 0.116. The molecule has 0 bridgehead atoms. The molecule has 3 aliphatic rings. The summed E-state index contributed by atoms with van der Waals surface area (Å²) in [7, 11) is 0. The van der Waals surface area contributed by atoms with E-state index < -0.39 is 47.3 Å². The maximum atomic E-state index is 13.4. The number of rotatable bonds is 8. The Balaban J connectivity index is 1.36. The molecule has 1 aromatic carbocycles. The van der Waals surface area contributed by atoms with Gasteiger partial charge < -0.3 is 40.7 Å². The molecular weight excluding hydrogens is 525 g/mol.